The predicted molar refractivity (Wildman–Crippen MR) is 117 cm³/mol. The highest BCUT2D eigenvalue weighted by Crippen LogP contribution is 2.23. The van der Waals surface area contributed by atoms with Crippen LogP contribution < -0.4 is 10.1 Å². The summed E-state index contributed by atoms with van der Waals surface area (Å²) in [5.41, 5.74) is 0.786. The van der Waals surface area contributed by atoms with Gasteiger partial charge in [0.1, 0.15) is 5.75 Å². The lowest BCUT2D eigenvalue weighted by atomic mass is 10.1. The second kappa shape index (κ2) is 10.4. The van der Waals surface area contributed by atoms with Crippen LogP contribution in [0.1, 0.15) is 68.1 Å². The second-order valence-electron chi connectivity index (χ2n) is 8.96. The first-order valence-electron chi connectivity index (χ1n) is 11.8. The zero-order valence-electron chi connectivity index (χ0n) is 17.8. The minimum Gasteiger partial charge on any atom is -0.494 e. The molecular formula is C24H37N3O2. The zero-order chi connectivity index (χ0) is 19.9. The molecule has 1 aromatic rings. The molecule has 1 aromatic carbocycles. The van der Waals surface area contributed by atoms with Crippen molar-refractivity contribution in [3.63, 3.8) is 0 Å². The molecule has 1 N–H and O–H groups in total. The Hall–Kier alpha value is -1.59. The normalized spacial score (nSPS) is 23.2. The second-order valence-corrected chi connectivity index (χ2v) is 8.96. The van der Waals surface area contributed by atoms with Gasteiger partial charge in [-0.1, -0.05) is 12.8 Å². The molecule has 0 unspecified atom stereocenters. The number of nitrogens with one attached hydrogen (secondary N) is 1. The van der Waals surface area contributed by atoms with Gasteiger partial charge in [0.15, 0.2) is 0 Å². The Morgan fingerprint density at radius 2 is 1.72 bits per heavy atom. The molecule has 5 nitrogen and oxygen atoms in total. The van der Waals surface area contributed by atoms with E-state index in [0.29, 0.717) is 6.04 Å². The summed E-state index contributed by atoms with van der Waals surface area (Å²) in [4.78, 5) is 17.6. The van der Waals surface area contributed by atoms with E-state index in [-0.39, 0.29) is 5.91 Å². The van der Waals surface area contributed by atoms with Crippen molar-refractivity contribution in [1.29, 1.82) is 0 Å². The van der Waals surface area contributed by atoms with Crippen LogP contribution in [-0.4, -0.2) is 67.1 Å². The number of rotatable bonds is 9. The van der Waals surface area contributed by atoms with Gasteiger partial charge in [-0.3, -0.25) is 4.79 Å². The highest BCUT2D eigenvalue weighted by molar-refractivity contribution is 5.94. The molecule has 1 aliphatic carbocycles. The van der Waals surface area contributed by atoms with Crippen LogP contribution in [-0.2, 0) is 0 Å². The zero-order valence-corrected chi connectivity index (χ0v) is 17.8. The van der Waals surface area contributed by atoms with Gasteiger partial charge in [-0.05, 0) is 88.8 Å². The fourth-order valence-electron chi connectivity index (χ4n) is 5.11. The standard InChI is InChI=1S/C24H37N3O2/c28-24(27-17-5-9-22(27)19-26-15-3-4-16-26)20-10-12-23(13-11-20)29-18-6-14-25-21-7-1-2-8-21/h10-13,21-22,25H,1-9,14-19H2/t22-/m0/s1. The lowest BCUT2D eigenvalue weighted by Crippen LogP contribution is -2.42. The summed E-state index contributed by atoms with van der Waals surface area (Å²) in [6.07, 6.45) is 11.3. The van der Waals surface area contributed by atoms with Gasteiger partial charge in [0.25, 0.3) is 5.91 Å². The summed E-state index contributed by atoms with van der Waals surface area (Å²) in [5.74, 6) is 1.04. The molecule has 1 atom stereocenters. The number of amides is 1. The Morgan fingerprint density at radius 3 is 2.48 bits per heavy atom. The summed E-state index contributed by atoms with van der Waals surface area (Å²) >= 11 is 0. The van der Waals surface area contributed by atoms with Gasteiger partial charge in [-0.2, -0.15) is 0 Å². The number of carbonyl (C=O) groups excluding carboxylic acids is 1. The van der Waals surface area contributed by atoms with Gasteiger partial charge in [0.05, 0.1) is 6.61 Å². The molecule has 2 heterocycles. The monoisotopic (exact) mass is 399 g/mol. The van der Waals surface area contributed by atoms with Gasteiger partial charge in [-0.25, -0.2) is 0 Å². The van der Waals surface area contributed by atoms with Crippen molar-refractivity contribution in [2.24, 2.45) is 0 Å². The first kappa shape index (κ1) is 20.7. The summed E-state index contributed by atoms with van der Waals surface area (Å²) in [7, 11) is 0. The largest absolute Gasteiger partial charge is 0.494 e. The molecule has 160 valence electrons. The third-order valence-electron chi connectivity index (χ3n) is 6.78. The summed E-state index contributed by atoms with van der Waals surface area (Å²) in [6, 6.07) is 8.86. The molecule has 3 aliphatic rings. The van der Waals surface area contributed by atoms with Gasteiger partial charge >= 0.3 is 0 Å². The van der Waals surface area contributed by atoms with E-state index in [9.17, 15) is 4.79 Å². The maximum absolute atomic E-state index is 13.0. The summed E-state index contributed by atoms with van der Waals surface area (Å²) < 4.78 is 5.87. The van der Waals surface area contributed by atoms with Crippen molar-refractivity contribution >= 4 is 5.91 Å². The molecule has 29 heavy (non-hydrogen) atoms. The molecule has 0 spiro atoms. The molecule has 2 aliphatic heterocycles. The van der Waals surface area contributed by atoms with E-state index in [4.69, 9.17) is 4.74 Å². The van der Waals surface area contributed by atoms with E-state index in [0.717, 1.165) is 62.9 Å². The van der Waals surface area contributed by atoms with Crippen molar-refractivity contribution in [1.82, 2.24) is 15.1 Å². The number of nitrogens with zero attached hydrogens (tertiary/aromatic N) is 2. The predicted octanol–water partition coefficient (Wildman–Crippen LogP) is 3.69. The Balaban J connectivity index is 1.21. The van der Waals surface area contributed by atoms with Gasteiger partial charge in [-0.15, -0.1) is 0 Å². The number of ether oxygens (including phenoxy) is 1. The molecule has 0 aromatic heterocycles. The topological polar surface area (TPSA) is 44.8 Å². The van der Waals surface area contributed by atoms with Crippen LogP contribution in [0.3, 0.4) is 0 Å². The fourth-order valence-corrected chi connectivity index (χ4v) is 5.11. The molecule has 2 saturated heterocycles. The third-order valence-corrected chi connectivity index (χ3v) is 6.78. The highest BCUT2D eigenvalue weighted by atomic mass is 16.5. The molecule has 5 heteroatoms. The Kier molecular flexibility index (Phi) is 7.44. The van der Waals surface area contributed by atoms with Gasteiger partial charge in [0, 0.05) is 30.7 Å². The maximum atomic E-state index is 13.0. The quantitative estimate of drug-likeness (QED) is 0.643. The van der Waals surface area contributed by atoms with Crippen LogP contribution in [0.2, 0.25) is 0 Å². The van der Waals surface area contributed by atoms with E-state index < -0.39 is 0 Å². The SMILES string of the molecule is O=C(c1ccc(OCCCNC2CCCC2)cc1)N1CCC[C@H]1CN1CCCC1. The summed E-state index contributed by atoms with van der Waals surface area (Å²) in [6.45, 7) is 6.07. The molecule has 0 radical (unpaired) electrons. The van der Waals surface area contributed by atoms with Crippen molar-refractivity contribution in [2.75, 3.05) is 39.3 Å². The molecule has 1 amide bonds. The van der Waals surface area contributed by atoms with Crippen LogP contribution in [0.5, 0.6) is 5.75 Å². The van der Waals surface area contributed by atoms with E-state index >= 15 is 0 Å². The lowest BCUT2D eigenvalue weighted by molar-refractivity contribution is 0.0708. The van der Waals surface area contributed by atoms with Gasteiger partial charge in [0.2, 0.25) is 0 Å². The third kappa shape index (κ3) is 5.73. The van der Waals surface area contributed by atoms with E-state index in [1.54, 1.807) is 0 Å². The van der Waals surface area contributed by atoms with Crippen LogP contribution in [0.4, 0.5) is 0 Å². The number of benzene rings is 1. The smallest absolute Gasteiger partial charge is 0.254 e. The number of carbonyl (C=O) groups is 1. The van der Waals surface area contributed by atoms with E-state index in [1.165, 1.54) is 51.6 Å². The Bertz CT molecular complexity index is 636. The average Bonchev–Trinajstić information content (AvgIpc) is 3.51. The van der Waals surface area contributed by atoms with Crippen molar-refractivity contribution in [3.05, 3.63) is 29.8 Å². The lowest BCUT2D eigenvalue weighted by Gasteiger charge is -2.28. The van der Waals surface area contributed by atoms with Crippen molar-refractivity contribution in [3.8, 4) is 5.75 Å². The van der Waals surface area contributed by atoms with Gasteiger partial charge < -0.3 is 19.9 Å². The van der Waals surface area contributed by atoms with Crippen LogP contribution in [0.25, 0.3) is 0 Å². The number of hydrogen-bond acceptors (Lipinski definition) is 4. The molecule has 1 saturated carbocycles. The van der Waals surface area contributed by atoms with Crippen LogP contribution >= 0.6 is 0 Å². The highest BCUT2D eigenvalue weighted by Gasteiger charge is 2.31. The van der Waals surface area contributed by atoms with Crippen LogP contribution in [0, 0.1) is 0 Å². The minimum atomic E-state index is 0.180. The fraction of sp³-hybridized carbons (Fsp3) is 0.708. The van der Waals surface area contributed by atoms with Crippen molar-refractivity contribution in [2.45, 2.75) is 69.9 Å². The first-order chi connectivity index (χ1) is 14.3. The number of likely N-dealkylation sites (tertiary alicyclic amines) is 2. The molecule has 4 rings (SSSR count). The summed E-state index contributed by atoms with van der Waals surface area (Å²) in [5, 5.41) is 3.62. The minimum absolute atomic E-state index is 0.180. The molecular weight excluding hydrogens is 362 g/mol. The van der Waals surface area contributed by atoms with Crippen molar-refractivity contribution < 1.29 is 9.53 Å². The number of hydrogen-bond donors (Lipinski definition) is 1. The first-order valence-corrected chi connectivity index (χ1v) is 11.8. The molecule has 3 fully saturated rings. The average molecular weight is 400 g/mol. The van der Waals surface area contributed by atoms with E-state index in [1.807, 2.05) is 24.3 Å². The Morgan fingerprint density at radius 1 is 0.966 bits per heavy atom. The Labute approximate surface area is 175 Å². The van der Waals surface area contributed by atoms with Crippen LogP contribution in [0.15, 0.2) is 24.3 Å². The van der Waals surface area contributed by atoms with E-state index in [2.05, 4.69) is 15.1 Å². The molecule has 0 bridgehead atoms. The maximum Gasteiger partial charge on any atom is 0.254 e.